The summed E-state index contributed by atoms with van der Waals surface area (Å²) in [6.45, 7) is 8.67. The van der Waals surface area contributed by atoms with Crippen molar-refractivity contribution in [3.63, 3.8) is 0 Å². The first kappa shape index (κ1) is 25.9. The summed E-state index contributed by atoms with van der Waals surface area (Å²) >= 11 is 0. The van der Waals surface area contributed by atoms with Gasteiger partial charge < -0.3 is 19.5 Å². The van der Waals surface area contributed by atoms with E-state index in [1.165, 1.54) is 12.0 Å². The van der Waals surface area contributed by atoms with Crippen molar-refractivity contribution in [3.05, 3.63) is 94.8 Å². The predicted octanol–water partition coefficient (Wildman–Crippen LogP) is 5.41. The van der Waals surface area contributed by atoms with Crippen LogP contribution in [0.4, 0.5) is 0 Å². The molecule has 37 heavy (non-hydrogen) atoms. The van der Waals surface area contributed by atoms with Crippen LogP contribution in [0.15, 0.2) is 72.4 Å². The Hall–Kier alpha value is -4.13. The molecule has 192 valence electrons. The molecule has 3 aromatic rings. The number of ether oxygens (including phenoxy) is 2. The number of amides is 1. The Morgan fingerprint density at radius 2 is 1.76 bits per heavy atom. The lowest BCUT2D eigenvalue weighted by molar-refractivity contribution is -0.140. The van der Waals surface area contributed by atoms with Crippen LogP contribution in [0.5, 0.6) is 11.5 Å². The minimum atomic E-state index is -0.859. The van der Waals surface area contributed by atoms with Crippen molar-refractivity contribution >= 4 is 17.4 Å². The van der Waals surface area contributed by atoms with E-state index in [4.69, 9.17) is 9.47 Å². The van der Waals surface area contributed by atoms with Crippen molar-refractivity contribution in [1.82, 2.24) is 9.88 Å². The second kappa shape index (κ2) is 10.5. The zero-order valence-electron chi connectivity index (χ0n) is 21.8. The second-order valence-electron chi connectivity index (χ2n) is 9.88. The average Bonchev–Trinajstić information content (AvgIpc) is 3.13. The quantitative estimate of drug-likeness (QED) is 0.265. The lowest BCUT2D eigenvalue weighted by atomic mass is 9.84. The van der Waals surface area contributed by atoms with Crippen molar-refractivity contribution in [3.8, 4) is 11.5 Å². The summed E-state index contributed by atoms with van der Waals surface area (Å²) < 4.78 is 11.4. The van der Waals surface area contributed by atoms with Crippen LogP contribution in [0.3, 0.4) is 0 Å². The zero-order chi connectivity index (χ0) is 26.7. The maximum absolute atomic E-state index is 13.5. The monoisotopic (exact) mass is 500 g/mol. The molecule has 1 aliphatic heterocycles. The number of nitrogens with zero attached hydrogens (tertiary/aromatic N) is 2. The standard InChI is InChI=1S/C30H32N2O5/c1-6-37-24-15-14-19(17-22(24)30(2,3)4)27(33)25-26(21-12-7-8-13-23(21)36-5)32(29(35)28(25)34)18-20-11-9-10-16-31-20/h7-17,26,33H,6,18H2,1-5H3/b27-25+. The highest BCUT2D eigenvalue weighted by atomic mass is 16.5. The fourth-order valence-corrected chi connectivity index (χ4v) is 4.63. The first-order valence-electron chi connectivity index (χ1n) is 12.3. The Bertz CT molecular complexity index is 1340. The normalized spacial score (nSPS) is 17.2. The summed E-state index contributed by atoms with van der Waals surface area (Å²) in [5, 5.41) is 11.6. The predicted molar refractivity (Wildman–Crippen MR) is 141 cm³/mol. The van der Waals surface area contributed by atoms with Crippen molar-refractivity contribution in [2.75, 3.05) is 13.7 Å². The molecule has 0 aliphatic carbocycles. The molecular formula is C30H32N2O5. The fraction of sp³-hybridized carbons (Fsp3) is 0.300. The van der Waals surface area contributed by atoms with Crippen molar-refractivity contribution in [1.29, 1.82) is 0 Å². The molecule has 2 heterocycles. The van der Waals surface area contributed by atoms with E-state index in [1.807, 2.05) is 31.2 Å². The van der Waals surface area contributed by atoms with Gasteiger partial charge in [0.25, 0.3) is 11.7 Å². The van der Waals surface area contributed by atoms with Crippen molar-refractivity contribution in [2.45, 2.75) is 45.7 Å². The number of aliphatic hydroxyl groups excluding tert-OH is 1. The number of Topliss-reactive ketones (excluding diaryl/α,β-unsaturated/α-hetero) is 1. The van der Waals surface area contributed by atoms with Gasteiger partial charge in [0, 0.05) is 22.9 Å². The summed E-state index contributed by atoms with van der Waals surface area (Å²) in [6, 6.07) is 17.1. The molecule has 4 rings (SSSR count). The molecule has 0 spiro atoms. The molecule has 1 unspecified atom stereocenters. The molecule has 0 bridgehead atoms. The lowest BCUT2D eigenvalue weighted by Gasteiger charge is -2.27. The number of carbonyl (C=O) groups excluding carboxylic acids is 2. The molecule has 7 nitrogen and oxygen atoms in total. The molecule has 2 aromatic carbocycles. The number of para-hydroxylation sites is 1. The van der Waals surface area contributed by atoms with E-state index in [0.29, 0.717) is 34.9 Å². The Kier molecular flexibility index (Phi) is 7.34. The molecule has 0 saturated carbocycles. The second-order valence-corrected chi connectivity index (χ2v) is 9.88. The van der Waals surface area contributed by atoms with E-state index in [9.17, 15) is 14.7 Å². The molecule has 1 amide bonds. The summed E-state index contributed by atoms with van der Waals surface area (Å²) in [4.78, 5) is 32.6. The third kappa shape index (κ3) is 5.07. The first-order chi connectivity index (χ1) is 17.7. The minimum absolute atomic E-state index is 0.00875. The van der Waals surface area contributed by atoms with Gasteiger partial charge in [-0.2, -0.15) is 0 Å². The molecule has 1 saturated heterocycles. The Balaban J connectivity index is 1.92. The Labute approximate surface area is 217 Å². The van der Waals surface area contributed by atoms with Gasteiger partial charge in [-0.3, -0.25) is 14.6 Å². The largest absolute Gasteiger partial charge is 0.507 e. The third-order valence-electron chi connectivity index (χ3n) is 6.39. The van der Waals surface area contributed by atoms with Crippen molar-refractivity contribution in [2.24, 2.45) is 0 Å². The number of methoxy groups -OCH3 is 1. The number of carbonyl (C=O) groups is 2. The van der Waals surface area contributed by atoms with Crippen molar-refractivity contribution < 1.29 is 24.2 Å². The number of pyridine rings is 1. The van der Waals surface area contributed by atoms with Gasteiger partial charge in [0.1, 0.15) is 17.3 Å². The Morgan fingerprint density at radius 1 is 1.03 bits per heavy atom. The topological polar surface area (TPSA) is 89.0 Å². The van der Waals surface area contributed by atoms with E-state index in [1.54, 1.807) is 42.6 Å². The number of aliphatic hydroxyl groups is 1. The van der Waals surface area contributed by atoms with Gasteiger partial charge in [-0.05, 0) is 48.7 Å². The van der Waals surface area contributed by atoms with Crippen LogP contribution in [0.1, 0.15) is 56.1 Å². The summed E-state index contributed by atoms with van der Waals surface area (Å²) in [6.07, 6.45) is 1.64. The summed E-state index contributed by atoms with van der Waals surface area (Å²) in [7, 11) is 1.53. The molecule has 1 atom stereocenters. The zero-order valence-corrected chi connectivity index (χ0v) is 21.8. The SMILES string of the molecule is CCOc1ccc(/C(O)=C2\C(=O)C(=O)N(Cc3ccccn3)C2c2ccccc2OC)cc1C(C)(C)C. The van der Waals surface area contributed by atoms with E-state index in [2.05, 4.69) is 25.8 Å². The number of hydrogen-bond acceptors (Lipinski definition) is 6. The minimum Gasteiger partial charge on any atom is -0.507 e. The van der Waals surface area contributed by atoms with Crippen LogP contribution in [-0.4, -0.2) is 40.4 Å². The molecule has 1 N–H and O–H groups in total. The van der Waals surface area contributed by atoms with Gasteiger partial charge in [-0.1, -0.05) is 45.0 Å². The Morgan fingerprint density at radius 3 is 2.41 bits per heavy atom. The highest BCUT2D eigenvalue weighted by Gasteiger charge is 2.47. The number of benzene rings is 2. The van der Waals surface area contributed by atoms with E-state index < -0.39 is 17.7 Å². The molecular weight excluding hydrogens is 468 g/mol. The third-order valence-corrected chi connectivity index (χ3v) is 6.39. The van der Waals surface area contributed by atoms with Gasteiger partial charge >= 0.3 is 0 Å². The highest BCUT2D eigenvalue weighted by Crippen LogP contribution is 2.44. The molecule has 1 aromatic heterocycles. The molecule has 1 aliphatic rings. The number of likely N-dealkylation sites (tertiary alicyclic amines) is 1. The average molecular weight is 501 g/mol. The summed E-state index contributed by atoms with van der Waals surface area (Å²) in [5.74, 6) is -0.483. The summed E-state index contributed by atoms with van der Waals surface area (Å²) in [5.41, 5.74) is 2.27. The smallest absolute Gasteiger partial charge is 0.296 e. The lowest BCUT2D eigenvalue weighted by Crippen LogP contribution is -2.29. The van der Waals surface area contributed by atoms with Gasteiger partial charge in [0.15, 0.2) is 0 Å². The van der Waals surface area contributed by atoms with Crippen LogP contribution in [-0.2, 0) is 21.5 Å². The van der Waals surface area contributed by atoms with Crippen LogP contribution in [0, 0.1) is 0 Å². The number of ketones is 1. The fourth-order valence-electron chi connectivity index (χ4n) is 4.63. The van der Waals surface area contributed by atoms with E-state index >= 15 is 0 Å². The number of hydrogen-bond donors (Lipinski definition) is 1. The maximum Gasteiger partial charge on any atom is 0.296 e. The van der Waals surface area contributed by atoms with Crippen LogP contribution in [0.25, 0.3) is 5.76 Å². The number of rotatable bonds is 7. The van der Waals surface area contributed by atoms with Gasteiger partial charge in [-0.15, -0.1) is 0 Å². The van der Waals surface area contributed by atoms with Gasteiger partial charge in [-0.25, -0.2) is 0 Å². The van der Waals surface area contributed by atoms with Crippen LogP contribution < -0.4 is 9.47 Å². The van der Waals surface area contributed by atoms with Gasteiger partial charge in [0.05, 0.1) is 37.6 Å². The van der Waals surface area contributed by atoms with Gasteiger partial charge in [0.2, 0.25) is 0 Å². The van der Waals surface area contributed by atoms with E-state index in [0.717, 1.165) is 5.56 Å². The van der Waals surface area contributed by atoms with E-state index in [-0.39, 0.29) is 23.3 Å². The highest BCUT2D eigenvalue weighted by molar-refractivity contribution is 6.46. The molecule has 7 heteroatoms. The number of aromatic nitrogens is 1. The van der Waals surface area contributed by atoms with Crippen LogP contribution >= 0.6 is 0 Å². The first-order valence-corrected chi connectivity index (χ1v) is 12.3. The molecule has 0 radical (unpaired) electrons. The molecule has 1 fully saturated rings. The van der Waals surface area contributed by atoms with Crippen LogP contribution in [0.2, 0.25) is 0 Å². The maximum atomic E-state index is 13.5.